The summed E-state index contributed by atoms with van der Waals surface area (Å²) in [6, 6.07) is 8.70. The minimum Gasteiger partial charge on any atom is -0.493 e. The number of guanidine groups is 1. The Bertz CT molecular complexity index is 894. The molecule has 0 unspecified atom stereocenters. The summed E-state index contributed by atoms with van der Waals surface area (Å²) in [6.07, 6.45) is 2.83. The Morgan fingerprint density at radius 1 is 1.10 bits per heavy atom. The first kappa shape index (κ1) is 24.9. The van der Waals surface area contributed by atoms with Gasteiger partial charge in [-0.3, -0.25) is 9.98 Å². The van der Waals surface area contributed by atoms with Crippen molar-refractivity contribution >= 4 is 40.0 Å². The second-order valence-electron chi connectivity index (χ2n) is 5.63. The van der Waals surface area contributed by atoms with Gasteiger partial charge in [0.1, 0.15) is 4.90 Å². The minimum atomic E-state index is -3.57. The van der Waals surface area contributed by atoms with Crippen LogP contribution < -0.4 is 24.8 Å². The maximum atomic E-state index is 12.1. The normalized spacial score (nSPS) is 11.3. The van der Waals surface area contributed by atoms with Crippen molar-refractivity contribution in [1.29, 1.82) is 0 Å². The van der Waals surface area contributed by atoms with Crippen molar-refractivity contribution < 1.29 is 17.9 Å². The van der Waals surface area contributed by atoms with Crippen molar-refractivity contribution in [3.05, 3.63) is 48.3 Å². The number of aromatic nitrogens is 1. The summed E-state index contributed by atoms with van der Waals surface area (Å²) in [4.78, 5) is 8.07. The van der Waals surface area contributed by atoms with Crippen LogP contribution in [0, 0.1) is 0 Å². The van der Waals surface area contributed by atoms with Gasteiger partial charge in [-0.1, -0.05) is 6.07 Å². The molecule has 2 aromatic rings. The number of sulfonamides is 1. The zero-order chi connectivity index (χ0) is 20.4. The van der Waals surface area contributed by atoms with Crippen molar-refractivity contribution in [1.82, 2.24) is 20.3 Å². The lowest BCUT2D eigenvalue weighted by atomic mass is 10.2. The number of hydrogen-bond donors (Lipinski definition) is 3. The van der Waals surface area contributed by atoms with Crippen LogP contribution in [0.25, 0.3) is 0 Å². The average Bonchev–Trinajstić information content (AvgIpc) is 2.73. The van der Waals surface area contributed by atoms with Crippen LogP contribution in [-0.4, -0.2) is 53.7 Å². The Kier molecular flexibility index (Phi) is 10.7. The zero-order valence-corrected chi connectivity index (χ0v) is 19.7. The number of methoxy groups -OCH3 is 2. The van der Waals surface area contributed by atoms with Crippen molar-refractivity contribution in [2.75, 3.05) is 34.4 Å². The summed E-state index contributed by atoms with van der Waals surface area (Å²) in [6.45, 7) is 1.08. The van der Waals surface area contributed by atoms with E-state index in [4.69, 9.17) is 9.47 Å². The predicted molar refractivity (Wildman–Crippen MR) is 123 cm³/mol. The third-order valence-corrected chi connectivity index (χ3v) is 5.23. The first-order valence-corrected chi connectivity index (χ1v) is 10.0. The van der Waals surface area contributed by atoms with Gasteiger partial charge in [-0.25, -0.2) is 13.1 Å². The van der Waals surface area contributed by atoms with E-state index in [1.54, 1.807) is 27.3 Å². The van der Waals surface area contributed by atoms with Crippen molar-refractivity contribution in [2.45, 2.75) is 11.4 Å². The van der Waals surface area contributed by atoms with E-state index in [9.17, 15) is 8.42 Å². The molecule has 0 aliphatic carbocycles. The third-order valence-electron chi connectivity index (χ3n) is 3.79. The van der Waals surface area contributed by atoms with Crippen LogP contribution in [0.4, 0.5) is 0 Å². The molecule has 0 spiro atoms. The highest BCUT2D eigenvalue weighted by Gasteiger charge is 2.12. The van der Waals surface area contributed by atoms with E-state index in [2.05, 4.69) is 25.3 Å². The fourth-order valence-corrected chi connectivity index (χ4v) is 3.35. The van der Waals surface area contributed by atoms with Crippen LogP contribution in [0.3, 0.4) is 0 Å². The highest BCUT2D eigenvalue weighted by atomic mass is 127. The van der Waals surface area contributed by atoms with Gasteiger partial charge in [0.25, 0.3) is 0 Å². The fraction of sp³-hybridized carbons (Fsp3) is 0.333. The van der Waals surface area contributed by atoms with E-state index in [1.165, 1.54) is 18.5 Å². The van der Waals surface area contributed by atoms with E-state index in [0.717, 1.165) is 5.56 Å². The number of nitrogens with one attached hydrogen (secondary N) is 3. The summed E-state index contributed by atoms with van der Waals surface area (Å²) < 4.78 is 37.3. The Balaban J connectivity index is 0.00000420. The summed E-state index contributed by atoms with van der Waals surface area (Å²) >= 11 is 0. The number of ether oxygens (including phenoxy) is 2. The number of rotatable bonds is 9. The lowest BCUT2D eigenvalue weighted by Crippen LogP contribution is -2.41. The molecule has 0 saturated carbocycles. The molecule has 1 aromatic heterocycles. The van der Waals surface area contributed by atoms with Crippen molar-refractivity contribution in [3.8, 4) is 11.5 Å². The number of hydrogen-bond acceptors (Lipinski definition) is 6. The molecule has 0 saturated heterocycles. The molecule has 3 N–H and O–H groups in total. The zero-order valence-electron chi connectivity index (χ0n) is 16.5. The van der Waals surface area contributed by atoms with Gasteiger partial charge in [0.15, 0.2) is 17.5 Å². The number of nitrogens with zero attached hydrogens (tertiary/aromatic N) is 2. The van der Waals surface area contributed by atoms with E-state index >= 15 is 0 Å². The molecule has 0 fully saturated rings. The maximum absolute atomic E-state index is 12.1. The molecule has 0 aliphatic rings. The topological polar surface area (TPSA) is 114 Å². The minimum absolute atomic E-state index is 0. The second kappa shape index (κ2) is 12.4. The van der Waals surface area contributed by atoms with E-state index < -0.39 is 10.0 Å². The SMILES string of the molecule is CN=C(NCCNS(=O)(=O)c1cccnc1)NCc1ccc(OC)c(OC)c1.I. The predicted octanol–water partition coefficient (Wildman–Crippen LogP) is 1.36. The molecule has 160 valence electrons. The van der Waals surface area contributed by atoms with Crippen LogP contribution >= 0.6 is 24.0 Å². The molecular weight excluding hydrogens is 509 g/mol. The second-order valence-corrected chi connectivity index (χ2v) is 7.40. The van der Waals surface area contributed by atoms with Gasteiger partial charge in [0.05, 0.1) is 14.2 Å². The number of benzene rings is 1. The largest absolute Gasteiger partial charge is 0.493 e. The molecule has 2 rings (SSSR count). The monoisotopic (exact) mass is 535 g/mol. The molecule has 11 heteroatoms. The quantitative estimate of drug-likeness (QED) is 0.192. The molecule has 29 heavy (non-hydrogen) atoms. The van der Waals surface area contributed by atoms with Gasteiger partial charge in [-0.2, -0.15) is 0 Å². The Hall–Kier alpha value is -2.12. The van der Waals surface area contributed by atoms with E-state index in [0.29, 0.717) is 30.5 Å². The van der Waals surface area contributed by atoms with Crippen molar-refractivity contribution in [3.63, 3.8) is 0 Å². The Labute approximate surface area is 188 Å². The van der Waals surface area contributed by atoms with Gasteiger partial charge in [-0.15, -0.1) is 24.0 Å². The lowest BCUT2D eigenvalue weighted by Gasteiger charge is -2.14. The Morgan fingerprint density at radius 3 is 2.48 bits per heavy atom. The average molecular weight is 535 g/mol. The highest BCUT2D eigenvalue weighted by Crippen LogP contribution is 2.27. The smallest absolute Gasteiger partial charge is 0.242 e. The molecule has 0 radical (unpaired) electrons. The third kappa shape index (κ3) is 7.66. The molecule has 1 heterocycles. The summed E-state index contributed by atoms with van der Waals surface area (Å²) in [7, 11) is 1.24. The molecule has 9 nitrogen and oxygen atoms in total. The van der Waals surface area contributed by atoms with Gasteiger partial charge in [-0.05, 0) is 29.8 Å². The summed E-state index contributed by atoms with van der Waals surface area (Å²) in [5, 5.41) is 6.21. The lowest BCUT2D eigenvalue weighted by molar-refractivity contribution is 0.354. The molecule has 0 bridgehead atoms. The first-order valence-electron chi connectivity index (χ1n) is 8.55. The van der Waals surface area contributed by atoms with E-state index in [1.807, 2.05) is 18.2 Å². The van der Waals surface area contributed by atoms with Gasteiger partial charge >= 0.3 is 0 Å². The highest BCUT2D eigenvalue weighted by molar-refractivity contribution is 14.0. The van der Waals surface area contributed by atoms with Crippen LogP contribution in [0.5, 0.6) is 11.5 Å². The number of halogens is 1. The van der Waals surface area contributed by atoms with Gasteiger partial charge in [0, 0.05) is 39.1 Å². The van der Waals surface area contributed by atoms with Crippen LogP contribution in [0.1, 0.15) is 5.56 Å². The molecule has 1 aromatic carbocycles. The van der Waals surface area contributed by atoms with Crippen LogP contribution in [0.2, 0.25) is 0 Å². The standard InChI is InChI=1S/C18H25N5O4S.HI/c1-19-18(22-12-14-6-7-16(26-2)17(11-14)27-3)21-9-10-23-28(24,25)15-5-4-8-20-13-15;/h4-8,11,13,23H,9-10,12H2,1-3H3,(H2,19,21,22);1H. The van der Waals surface area contributed by atoms with Crippen LogP contribution in [-0.2, 0) is 16.6 Å². The fourth-order valence-electron chi connectivity index (χ4n) is 2.35. The Morgan fingerprint density at radius 2 is 1.86 bits per heavy atom. The molecule has 0 atom stereocenters. The maximum Gasteiger partial charge on any atom is 0.242 e. The molecule has 0 aliphatic heterocycles. The first-order chi connectivity index (χ1) is 13.5. The number of pyridine rings is 1. The summed E-state index contributed by atoms with van der Waals surface area (Å²) in [5.41, 5.74) is 0.984. The van der Waals surface area contributed by atoms with E-state index in [-0.39, 0.29) is 35.4 Å². The summed E-state index contributed by atoms with van der Waals surface area (Å²) in [5.74, 6) is 1.86. The van der Waals surface area contributed by atoms with Gasteiger partial charge in [0.2, 0.25) is 10.0 Å². The number of aliphatic imine (C=N–C) groups is 1. The molecule has 0 amide bonds. The van der Waals surface area contributed by atoms with Crippen LogP contribution in [0.15, 0.2) is 52.6 Å². The van der Waals surface area contributed by atoms with Gasteiger partial charge < -0.3 is 20.1 Å². The molecular formula is C18H26IN5O4S. The van der Waals surface area contributed by atoms with Crippen molar-refractivity contribution in [2.24, 2.45) is 4.99 Å².